The third-order valence-corrected chi connectivity index (χ3v) is 4.98. The Hall–Kier alpha value is -1.79. The van der Waals surface area contributed by atoms with Crippen molar-refractivity contribution >= 4 is 0 Å². The maximum atomic E-state index is 13.3. The molecular weight excluding hydrogens is 307 g/mol. The van der Waals surface area contributed by atoms with E-state index in [1.165, 1.54) is 6.07 Å². The van der Waals surface area contributed by atoms with Gasteiger partial charge in [-0.2, -0.15) is 0 Å². The highest BCUT2D eigenvalue weighted by Gasteiger charge is 2.38. The van der Waals surface area contributed by atoms with Gasteiger partial charge < -0.3 is 9.30 Å². The molecule has 3 rings (SSSR count). The summed E-state index contributed by atoms with van der Waals surface area (Å²) in [5.74, 6) is 0.810. The van der Waals surface area contributed by atoms with Crippen LogP contribution in [0.25, 0.3) is 0 Å². The van der Waals surface area contributed by atoms with Crippen LogP contribution in [0, 0.1) is 5.82 Å². The Morgan fingerprint density at radius 1 is 1.42 bits per heavy atom. The Kier molecular flexibility index (Phi) is 5.26. The molecule has 2 aromatic rings. The van der Waals surface area contributed by atoms with Gasteiger partial charge in [0.1, 0.15) is 18.0 Å². The highest BCUT2D eigenvalue weighted by atomic mass is 19.1. The Morgan fingerprint density at radius 3 is 2.92 bits per heavy atom. The van der Waals surface area contributed by atoms with Crippen LogP contribution in [0.5, 0.6) is 0 Å². The number of likely N-dealkylation sites (tertiary alicyclic amines) is 1. The fourth-order valence-corrected chi connectivity index (χ4v) is 3.56. The Balaban J connectivity index is 1.69. The second kappa shape index (κ2) is 7.40. The first-order valence-electron chi connectivity index (χ1n) is 8.45. The maximum absolute atomic E-state index is 13.3. The zero-order chi connectivity index (χ0) is 17.1. The number of ether oxygens (including phenoxy) is 1. The number of hydrogen-bond donors (Lipinski definition) is 0. The Bertz CT molecular complexity index is 675. The molecule has 6 heteroatoms. The third-order valence-electron chi connectivity index (χ3n) is 4.98. The molecule has 130 valence electrons. The largest absolute Gasteiger partial charge is 0.380 e. The molecule has 0 saturated carbocycles. The van der Waals surface area contributed by atoms with Crippen LogP contribution in [-0.4, -0.2) is 45.5 Å². The fourth-order valence-electron chi connectivity index (χ4n) is 3.56. The number of aromatic nitrogens is 3. The van der Waals surface area contributed by atoms with Crippen LogP contribution in [0.15, 0.2) is 30.6 Å². The molecule has 0 bridgehead atoms. The number of nitrogens with zero attached hydrogens (tertiary/aromatic N) is 4. The van der Waals surface area contributed by atoms with Crippen LogP contribution < -0.4 is 0 Å². The molecule has 1 saturated heterocycles. The van der Waals surface area contributed by atoms with Crippen molar-refractivity contribution < 1.29 is 9.13 Å². The number of aryl methyl sites for hydroxylation is 2. The summed E-state index contributed by atoms with van der Waals surface area (Å²) in [7, 11) is 3.74. The van der Waals surface area contributed by atoms with Crippen molar-refractivity contribution in [2.75, 3.05) is 13.7 Å². The summed E-state index contributed by atoms with van der Waals surface area (Å²) in [5, 5.41) is 8.31. The number of methoxy groups -OCH3 is 1. The predicted molar refractivity (Wildman–Crippen MR) is 90.0 cm³/mol. The van der Waals surface area contributed by atoms with Gasteiger partial charge in [0.2, 0.25) is 0 Å². The number of rotatable bonds is 6. The van der Waals surface area contributed by atoms with Gasteiger partial charge >= 0.3 is 0 Å². The van der Waals surface area contributed by atoms with Crippen molar-refractivity contribution in [2.45, 2.75) is 44.4 Å². The highest BCUT2D eigenvalue weighted by Crippen LogP contribution is 2.34. The van der Waals surface area contributed by atoms with Crippen molar-refractivity contribution in [1.29, 1.82) is 0 Å². The lowest BCUT2D eigenvalue weighted by Crippen LogP contribution is -2.35. The van der Waals surface area contributed by atoms with Gasteiger partial charge in [-0.1, -0.05) is 12.1 Å². The summed E-state index contributed by atoms with van der Waals surface area (Å²) < 4.78 is 20.9. The third kappa shape index (κ3) is 3.65. The zero-order valence-electron chi connectivity index (χ0n) is 14.5. The molecule has 0 amide bonds. The number of benzene rings is 1. The van der Waals surface area contributed by atoms with Gasteiger partial charge in [0.15, 0.2) is 0 Å². The molecule has 0 N–H and O–H groups in total. The smallest absolute Gasteiger partial charge is 0.150 e. The molecule has 24 heavy (non-hydrogen) atoms. The van der Waals surface area contributed by atoms with Gasteiger partial charge in [-0.3, -0.25) is 4.90 Å². The van der Waals surface area contributed by atoms with E-state index in [0.29, 0.717) is 6.04 Å². The van der Waals surface area contributed by atoms with E-state index in [0.717, 1.165) is 37.2 Å². The van der Waals surface area contributed by atoms with Gasteiger partial charge in [0, 0.05) is 26.7 Å². The number of hydrogen-bond acceptors (Lipinski definition) is 4. The van der Waals surface area contributed by atoms with E-state index in [4.69, 9.17) is 4.74 Å². The first kappa shape index (κ1) is 17.0. The van der Waals surface area contributed by atoms with E-state index < -0.39 is 0 Å². The molecule has 1 aromatic carbocycles. The highest BCUT2D eigenvalue weighted by molar-refractivity contribution is 5.16. The monoisotopic (exact) mass is 332 g/mol. The van der Waals surface area contributed by atoms with E-state index >= 15 is 0 Å². The molecule has 1 unspecified atom stereocenters. The van der Waals surface area contributed by atoms with Gasteiger partial charge in [0.05, 0.1) is 12.1 Å². The van der Waals surface area contributed by atoms with E-state index in [-0.39, 0.29) is 18.0 Å². The van der Waals surface area contributed by atoms with E-state index in [1.807, 2.05) is 17.7 Å². The van der Waals surface area contributed by atoms with Gasteiger partial charge in [-0.25, -0.2) is 4.39 Å². The first-order chi connectivity index (χ1) is 11.6. The van der Waals surface area contributed by atoms with Crippen LogP contribution in [0.2, 0.25) is 0 Å². The SMILES string of the molecule is CO[C@@H]1C[C@@H](c2nncn2C)N(C(C)CCc2cccc(F)c2)C1. The second-order valence-electron chi connectivity index (χ2n) is 6.62. The summed E-state index contributed by atoms with van der Waals surface area (Å²) in [6, 6.07) is 7.43. The summed E-state index contributed by atoms with van der Waals surface area (Å²) in [5.41, 5.74) is 1.04. The lowest BCUT2D eigenvalue weighted by Gasteiger charge is -2.30. The van der Waals surface area contributed by atoms with Crippen LogP contribution >= 0.6 is 0 Å². The molecule has 5 nitrogen and oxygen atoms in total. The molecular formula is C18H25FN4O. The summed E-state index contributed by atoms with van der Waals surface area (Å²) in [6.45, 7) is 3.11. The topological polar surface area (TPSA) is 43.2 Å². The second-order valence-corrected chi connectivity index (χ2v) is 6.62. The molecule has 2 heterocycles. The fraction of sp³-hybridized carbons (Fsp3) is 0.556. The minimum absolute atomic E-state index is 0.169. The van der Waals surface area contributed by atoms with Gasteiger partial charge in [0.25, 0.3) is 0 Å². The Morgan fingerprint density at radius 2 is 2.25 bits per heavy atom. The standard InChI is InChI=1S/C18H25FN4O/c1-13(7-8-14-5-4-6-15(19)9-14)23-11-16(24-3)10-17(23)18-21-20-12-22(18)2/h4-6,9,12-13,16-17H,7-8,10-11H2,1-3H3/t13?,16-,17+/m1/s1. The van der Waals surface area contributed by atoms with Crippen LogP contribution in [0.3, 0.4) is 0 Å². The predicted octanol–water partition coefficient (Wildman–Crippen LogP) is 2.74. The molecule has 0 spiro atoms. The summed E-state index contributed by atoms with van der Waals surface area (Å²) >= 11 is 0. The lowest BCUT2D eigenvalue weighted by molar-refractivity contribution is 0.1000. The molecule has 3 atom stereocenters. The minimum Gasteiger partial charge on any atom is -0.380 e. The van der Waals surface area contributed by atoms with Crippen molar-refractivity contribution in [3.63, 3.8) is 0 Å². The van der Waals surface area contributed by atoms with Crippen molar-refractivity contribution in [1.82, 2.24) is 19.7 Å². The molecule has 0 aliphatic carbocycles. The summed E-state index contributed by atoms with van der Waals surface area (Å²) in [4.78, 5) is 2.44. The van der Waals surface area contributed by atoms with Crippen molar-refractivity contribution in [3.05, 3.63) is 47.8 Å². The van der Waals surface area contributed by atoms with Crippen LogP contribution in [0.1, 0.15) is 37.2 Å². The maximum Gasteiger partial charge on any atom is 0.150 e. The average Bonchev–Trinajstić information content (AvgIpc) is 3.18. The molecule has 1 aliphatic rings. The van der Waals surface area contributed by atoms with Crippen molar-refractivity contribution in [3.8, 4) is 0 Å². The van der Waals surface area contributed by atoms with E-state index in [1.54, 1.807) is 25.6 Å². The summed E-state index contributed by atoms with van der Waals surface area (Å²) in [6.07, 6.45) is 4.70. The number of halogens is 1. The minimum atomic E-state index is -0.169. The van der Waals surface area contributed by atoms with Gasteiger partial charge in [-0.05, 0) is 43.9 Å². The Labute approximate surface area is 142 Å². The average molecular weight is 332 g/mol. The first-order valence-corrected chi connectivity index (χ1v) is 8.45. The van der Waals surface area contributed by atoms with E-state index in [2.05, 4.69) is 22.0 Å². The molecule has 1 fully saturated rings. The van der Waals surface area contributed by atoms with E-state index in [9.17, 15) is 4.39 Å². The lowest BCUT2D eigenvalue weighted by atomic mass is 10.0. The zero-order valence-corrected chi connectivity index (χ0v) is 14.5. The molecule has 1 aliphatic heterocycles. The van der Waals surface area contributed by atoms with Crippen molar-refractivity contribution in [2.24, 2.45) is 7.05 Å². The normalized spacial score (nSPS) is 22.8. The van der Waals surface area contributed by atoms with Crippen LogP contribution in [-0.2, 0) is 18.2 Å². The quantitative estimate of drug-likeness (QED) is 0.816. The van der Waals surface area contributed by atoms with Crippen LogP contribution in [0.4, 0.5) is 4.39 Å². The molecule has 1 aromatic heterocycles. The van der Waals surface area contributed by atoms with Gasteiger partial charge in [-0.15, -0.1) is 10.2 Å². The molecule has 0 radical (unpaired) electrons.